The summed E-state index contributed by atoms with van der Waals surface area (Å²) in [5.74, 6) is 0.464. The Bertz CT molecular complexity index is 622. The fourth-order valence-corrected chi connectivity index (χ4v) is 1.69. The molecule has 0 aliphatic rings. The van der Waals surface area contributed by atoms with Crippen molar-refractivity contribution >= 4 is 28.7 Å². The highest BCUT2D eigenvalue weighted by Crippen LogP contribution is 2.28. The van der Waals surface area contributed by atoms with Crippen LogP contribution in [-0.4, -0.2) is 16.6 Å². The summed E-state index contributed by atoms with van der Waals surface area (Å²) in [6.45, 7) is -2.89. The fraction of sp³-hybridized carbons (Fsp3) is 0.0769. The van der Waals surface area contributed by atoms with Crippen molar-refractivity contribution in [3.8, 4) is 5.75 Å². The lowest BCUT2D eigenvalue weighted by atomic mass is 10.2. The number of anilines is 2. The van der Waals surface area contributed by atoms with Crippen LogP contribution in [0.15, 0.2) is 42.6 Å². The molecular formula is C13H11F2N3OS. The quantitative estimate of drug-likeness (QED) is 0.830. The number of aromatic nitrogens is 1. The van der Waals surface area contributed by atoms with E-state index in [1.165, 1.54) is 12.3 Å². The number of thiocarbonyl (C=S) groups is 1. The molecule has 0 bridgehead atoms. The Morgan fingerprint density at radius 1 is 1.30 bits per heavy atom. The Balaban J connectivity index is 2.25. The van der Waals surface area contributed by atoms with Gasteiger partial charge in [-0.1, -0.05) is 24.4 Å². The van der Waals surface area contributed by atoms with Crippen LogP contribution in [0.2, 0.25) is 0 Å². The Labute approximate surface area is 119 Å². The van der Waals surface area contributed by atoms with Crippen molar-refractivity contribution in [2.24, 2.45) is 5.73 Å². The Morgan fingerprint density at radius 2 is 2.05 bits per heavy atom. The van der Waals surface area contributed by atoms with Gasteiger partial charge < -0.3 is 15.8 Å². The van der Waals surface area contributed by atoms with Crippen molar-refractivity contribution in [3.63, 3.8) is 0 Å². The molecule has 1 heterocycles. The van der Waals surface area contributed by atoms with E-state index in [1.54, 1.807) is 30.3 Å². The molecule has 1 aromatic carbocycles. The lowest BCUT2D eigenvalue weighted by Gasteiger charge is -2.12. The predicted octanol–water partition coefficient (Wildman–Crippen LogP) is 3.06. The van der Waals surface area contributed by atoms with Crippen LogP contribution >= 0.6 is 12.2 Å². The summed E-state index contributed by atoms with van der Waals surface area (Å²) >= 11 is 4.87. The molecule has 3 N–H and O–H groups in total. The van der Waals surface area contributed by atoms with Gasteiger partial charge in [0.05, 0.1) is 5.69 Å². The average molecular weight is 295 g/mol. The summed E-state index contributed by atoms with van der Waals surface area (Å²) < 4.78 is 29.0. The maximum Gasteiger partial charge on any atom is 0.387 e. The van der Waals surface area contributed by atoms with Gasteiger partial charge >= 0.3 is 6.61 Å². The lowest BCUT2D eigenvalue weighted by molar-refractivity contribution is -0.0493. The lowest BCUT2D eigenvalue weighted by Crippen LogP contribution is -2.10. The van der Waals surface area contributed by atoms with Crippen molar-refractivity contribution in [2.45, 2.75) is 6.61 Å². The van der Waals surface area contributed by atoms with Crippen LogP contribution in [0.5, 0.6) is 5.75 Å². The number of hydrogen-bond acceptors (Lipinski definition) is 4. The molecule has 0 saturated carbocycles. The van der Waals surface area contributed by atoms with Crippen LogP contribution in [-0.2, 0) is 0 Å². The third-order valence-corrected chi connectivity index (χ3v) is 2.65. The predicted molar refractivity (Wildman–Crippen MR) is 76.5 cm³/mol. The number of nitrogens with zero attached hydrogens (tertiary/aromatic N) is 1. The number of hydrogen-bond donors (Lipinski definition) is 2. The van der Waals surface area contributed by atoms with Crippen molar-refractivity contribution in [1.29, 1.82) is 0 Å². The van der Waals surface area contributed by atoms with Crippen LogP contribution in [0.3, 0.4) is 0 Å². The second kappa shape index (κ2) is 6.25. The molecule has 0 radical (unpaired) electrons. The first kappa shape index (κ1) is 14.1. The number of alkyl halides is 2. The third kappa shape index (κ3) is 3.61. The molecule has 2 rings (SSSR count). The maximum atomic E-state index is 12.3. The Morgan fingerprint density at radius 3 is 2.75 bits per heavy atom. The molecule has 4 nitrogen and oxygen atoms in total. The van der Waals surface area contributed by atoms with Gasteiger partial charge in [-0.25, -0.2) is 4.98 Å². The van der Waals surface area contributed by atoms with Gasteiger partial charge in [-0.05, 0) is 24.3 Å². The normalized spacial score (nSPS) is 10.3. The molecule has 0 unspecified atom stereocenters. The maximum absolute atomic E-state index is 12.3. The third-order valence-electron chi connectivity index (χ3n) is 2.41. The SMILES string of the molecule is NC(=S)c1ccnc(Nc2ccccc2OC(F)F)c1. The van der Waals surface area contributed by atoms with Crippen molar-refractivity contribution in [2.75, 3.05) is 5.32 Å². The largest absolute Gasteiger partial charge is 0.433 e. The molecule has 0 aliphatic heterocycles. The molecular weight excluding hydrogens is 284 g/mol. The van der Waals surface area contributed by atoms with Crippen molar-refractivity contribution < 1.29 is 13.5 Å². The molecule has 0 fully saturated rings. The molecule has 2 aromatic rings. The first-order valence-electron chi connectivity index (χ1n) is 5.63. The minimum absolute atomic E-state index is 0.0324. The number of ether oxygens (including phenoxy) is 1. The van der Waals surface area contributed by atoms with Crippen LogP contribution in [0, 0.1) is 0 Å². The summed E-state index contributed by atoms with van der Waals surface area (Å²) in [6, 6.07) is 9.62. The van der Waals surface area contributed by atoms with E-state index in [4.69, 9.17) is 18.0 Å². The van der Waals surface area contributed by atoms with Crippen molar-refractivity contribution in [3.05, 3.63) is 48.2 Å². The van der Waals surface area contributed by atoms with E-state index in [-0.39, 0.29) is 10.7 Å². The summed E-state index contributed by atoms with van der Waals surface area (Å²) in [4.78, 5) is 4.30. The van der Waals surface area contributed by atoms with Gasteiger partial charge in [-0.2, -0.15) is 8.78 Å². The topological polar surface area (TPSA) is 60.2 Å². The van der Waals surface area contributed by atoms with Gasteiger partial charge in [0.1, 0.15) is 16.6 Å². The van der Waals surface area contributed by atoms with Gasteiger partial charge in [0.2, 0.25) is 0 Å². The van der Waals surface area contributed by atoms with Gasteiger partial charge in [0.15, 0.2) is 0 Å². The Kier molecular flexibility index (Phi) is 4.41. The summed E-state index contributed by atoms with van der Waals surface area (Å²) in [6.07, 6.45) is 1.52. The van der Waals surface area contributed by atoms with Gasteiger partial charge in [0.25, 0.3) is 0 Å². The van der Waals surface area contributed by atoms with E-state index in [0.29, 0.717) is 17.1 Å². The number of para-hydroxylation sites is 2. The number of halogens is 2. The van der Waals surface area contributed by atoms with E-state index in [2.05, 4.69) is 15.0 Å². The summed E-state index contributed by atoms with van der Waals surface area (Å²) in [5, 5.41) is 2.89. The van der Waals surface area contributed by atoms with Gasteiger partial charge in [-0.15, -0.1) is 0 Å². The van der Waals surface area contributed by atoms with E-state index in [9.17, 15) is 8.78 Å². The molecule has 0 spiro atoms. The van der Waals surface area contributed by atoms with Crippen LogP contribution in [0.1, 0.15) is 5.56 Å². The second-order valence-electron chi connectivity index (χ2n) is 3.79. The standard InChI is InChI=1S/C13H11F2N3OS/c14-13(15)19-10-4-2-1-3-9(10)18-11-7-8(12(16)20)5-6-17-11/h1-7,13H,(H2,16,20)(H,17,18). The first-order valence-corrected chi connectivity index (χ1v) is 6.04. The minimum Gasteiger partial charge on any atom is -0.433 e. The smallest absolute Gasteiger partial charge is 0.387 e. The van der Waals surface area contributed by atoms with Crippen LogP contribution in [0.4, 0.5) is 20.3 Å². The average Bonchev–Trinajstić information content (AvgIpc) is 2.41. The van der Waals surface area contributed by atoms with Gasteiger partial charge in [0, 0.05) is 11.8 Å². The molecule has 0 aliphatic carbocycles. The van der Waals surface area contributed by atoms with Crippen molar-refractivity contribution in [1.82, 2.24) is 4.98 Å². The van der Waals surface area contributed by atoms with E-state index in [1.807, 2.05) is 0 Å². The first-order chi connectivity index (χ1) is 9.56. The number of nitrogens with two attached hydrogens (primary N) is 1. The molecule has 0 saturated heterocycles. The summed E-state index contributed by atoms with van der Waals surface area (Å²) in [7, 11) is 0. The minimum atomic E-state index is -2.89. The number of benzene rings is 1. The summed E-state index contributed by atoms with van der Waals surface area (Å²) in [5.41, 5.74) is 6.53. The highest BCUT2D eigenvalue weighted by Gasteiger charge is 2.09. The zero-order valence-corrected chi connectivity index (χ0v) is 11.0. The molecule has 0 atom stereocenters. The number of pyridine rings is 1. The zero-order chi connectivity index (χ0) is 14.5. The molecule has 0 amide bonds. The second-order valence-corrected chi connectivity index (χ2v) is 4.23. The molecule has 104 valence electrons. The van der Waals surface area contributed by atoms with E-state index in [0.717, 1.165) is 0 Å². The van der Waals surface area contributed by atoms with Gasteiger partial charge in [-0.3, -0.25) is 0 Å². The number of nitrogens with one attached hydrogen (secondary N) is 1. The highest BCUT2D eigenvalue weighted by atomic mass is 32.1. The molecule has 7 heteroatoms. The van der Waals surface area contributed by atoms with E-state index >= 15 is 0 Å². The fourth-order valence-electron chi connectivity index (χ4n) is 1.56. The molecule has 1 aromatic heterocycles. The monoisotopic (exact) mass is 295 g/mol. The Hall–Kier alpha value is -2.28. The molecule has 20 heavy (non-hydrogen) atoms. The van der Waals surface area contributed by atoms with Crippen LogP contribution in [0.25, 0.3) is 0 Å². The van der Waals surface area contributed by atoms with E-state index < -0.39 is 6.61 Å². The van der Waals surface area contributed by atoms with Crippen LogP contribution < -0.4 is 15.8 Å². The zero-order valence-electron chi connectivity index (χ0n) is 10.2. The number of rotatable bonds is 5. The highest BCUT2D eigenvalue weighted by molar-refractivity contribution is 7.80.